The summed E-state index contributed by atoms with van der Waals surface area (Å²) in [5, 5.41) is 18.2. The van der Waals surface area contributed by atoms with Gasteiger partial charge in [-0.3, -0.25) is 4.68 Å². The molecule has 2 aliphatic carbocycles. The van der Waals surface area contributed by atoms with E-state index in [0.29, 0.717) is 5.92 Å². The summed E-state index contributed by atoms with van der Waals surface area (Å²) in [6.45, 7) is 0.865. The van der Waals surface area contributed by atoms with Gasteiger partial charge in [-0.15, -0.1) is 0 Å². The van der Waals surface area contributed by atoms with Crippen LogP contribution in [0.15, 0.2) is 24.8 Å². The van der Waals surface area contributed by atoms with Crippen molar-refractivity contribution in [2.45, 2.75) is 57.2 Å². The third kappa shape index (κ3) is 3.08. The Balaban J connectivity index is 1.45. The Morgan fingerprint density at radius 1 is 1.22 bits per heavy atom. The van der Waals surface area contributed by atoms with Gasteiger partial charge in [0.2, 0.25) is 0 Å². The van der Waals surface area contributed by atoms with Gasteiger partial charge >= 0.3 is 0 Å². The molecule has 0 amide bonds. The number of rotatable bonds is 4. The van der Waals surface area contributed by atoms with E-state index in [0.717, 1.165) is 38.0 Å². The van der Waals surface area contributed by atoms with Crippen LogP contribution in [0.4, 0.5) is 5.82 Å². The normalized spacial score (nSPS) is 26.9. The number of aromatic nitrogens is 4. The number of nitrogens with one attached hydrogen (secondary N) is 1. The monoisotopic (exact) mass is 313 g/mol. The number of aliphatic hydroxyl groups excluding tert-OH is 1. The van der Waals surface area contributed by atoms with Crippen LogP contribution < -0.4 is 5.32 Å². The Bertz CT molecular complexity index is 657. The molecule has 4 rings (SSSR count). The zero-order valence-electron chi connectivity index (χ0n) is 13.2. The molecule has 1 saturated carbocycles. The molecule has 6 nitrogen and oxygen atoms in total. The first-order chi connectivity index (χ1) is 11.3. The van der Waals surface area contributed by atoms with Crippen LogP contribution in [0.1, 0.15) is 36.9 Å². The summed E-state index contributed by atoms with van der Waals surface area (Å²) >= 11 is 0. The fourth-order valence-electron chi connectivity index (χ4n) is 3.92. The summed E-state index contributed by atoms with van der Waals surface area (Å²) in [5.74, 6) is 1.37. The lowest BCUT2D eigenvalue weighted by atomic mass is 9.96. The topological polar surface area (TPSA) is 75.9 Å². The van der Waals surface area contributed by atoms with Crippen molar-refractivity contribution in [3.63, 3.8) is 0 Å². The fraction of sp³-hybridized carbons (Fsp3) is 0.588. The third-order valence-electron chi connectivity index (χ3n) is 5.08. The first-order valence-corrected chi connectivity index (χ1v) is 8.54. The molecule has 1 fully saturated rings. The maximum Gasteiger partial charge on any atom is 0.133 e. The second-order valence-corrected chi connectivity index (χ2v) is 6.74. The standard InChI is InChI=1S/C17H23N5O/c23-16-9-12(10-22-7-3-6-20-22)8-15(16)21-17-13-4-1-2-5-14(13)18-11-19-17/h3,6-7,11-12,15-16,23H,1-2,4-5,8-10H2,(H,18,19,21)/t12?,15-,16-/m1/s1. The minimum absolute atomic E-state index is 0.0662. The number of hydrogen-bond donors (Lipinski definition) is 2. The number of anilines is 1. The van der Waals surface area contributed by atoms with E-state index >= 15 is 0 Å². The fourth-order valence-corrected chi connectivity index (χ4v) is 3.92. The van der Waals surface area contributed by atoms with Gasteiger partial charge in [0.25, 0.3) is 0 Å². The molecule has 2 heterocycles. The Morgan fingerprint density at radius 3 is 3.00 bits per heavy atom. The van der Waals surface area contributed by atoms with Gasteiger partial charge in [0.1, 0.15) is 12.1 Å². The summed E-state index contributed by atoms with van der Waals surface area (Å²) in [6.07, 6.45) is 11.3. The van der Waals surface area contributed by atoms with Gasteiger partial charge in [0.05, 0.1) is 12.1 Å². The molecule has 0 spiro atoms. The molecule has 3 atom stereocenters. The smallest absolute Gasteiger partial charge is 0.133 e. The van der Waals surface area contributed by atoms with Crippen molar-refractivity contribution in [1.29, 1.82) is 0 Å². The quantitative estimate of drug-likeness (QED) is 0.900. The van der Waals surface area contributed by atoms with Crippen LogP contribution in [-0.2, 0) is 19.4 Å². The van der Waals surface area contributed by atoms with Gasteiger partial charge in [0, 0.05) is 30.2 Å². The van der Waals surface area contributed by atoms with Gasteiger partial charge in [-0.2, -0.15) is 5.10 Å². The van der Waals surface area contributed by atoms with Crippen LogP contribution in [0, 0.1) is 5.92 Å². The van der Waals surface area contributed by atoms with Crippen molar-refractivity contribution in [3.05, 3.63) is 36.0 Å². The average molecular weight is 313 g/mol. The highest BCUT2D eigenvalue weighted by molar-refractivity contribution is 5.48. The summed E-state index contributed by atoms with van der Waals surface area (Å²) in [5.41, 5.74) is 2.43. The second-order valence-electron chi connectivity index (χ2n) is 6.74. The summed E-state index contributed by atoms with van der Waals surface area (Å²) in [7, 11) is 0. The van der Waals surface area contributed by atoms with E-state index in [9.17, 15) is 5.11 Å². The summed E-state index contributed by atoms with van der Waals surface area (Å²) in [4.78, 5) is 8.85. The predicted molar refractivity (Wildman–Crippen MR) is 87.0 cm³/mol. The van der Waals surface area contributed by atoms with Gasteiger partial charge in [-0.25, -0.2) is 9.97 Å². The van der Waals surface area contributed by atoms with E-state index in [-0.39, 0.29) is 12.1 Å². The van der Waals surface area contributed by atoms with E-state index in [4.69, 9.17) is 0 Å². The Hall–Kier alpha value is -1.95. The van der Waals surface area contributed by atoms with Crippen molar-refractivity contribution < 1.29 is 5.11 Å². The van der Waals surface area contributed by atoms with Crippen LogP contribution in [-0.4, -0.2) is 37.0 Å². The third-order valence-corrected chi connectivity index (χ3v) is 5.08. The van der Waals surface area contributed by atoms with E-state index < -0.39 is 0 Å². The van der Waals surface area contributed by atoms with Gasteiger partial charge < -0.3 is 10.4 Å². The molecule has 0 radical (unpaired) electrons. The highest BCUT2D eigenvalue weighted by atomic mass is 16.3. The average Bonchev–Trinajstić information content (AvgIpc) is 3.18. The molecule has 0 saturated heterocycles. The molecule has 6 heteroatoms. The lowest BCUT2D eigenvalue weighted by Crippen LogP contribution is -2.29. The Morgan fingerprint density at radius 2 is 2.13 bits per heavy atom. The first-order valence-electron chi connectivity index (χ1n) is 8.54. The molecule has 1 unspecified atom stereocenters. The number of nitrogens with zero attached hydrogens (tertiary/aromatic N) is 4. The van der Waals surface area contributed by atoms with Crippen molar-refractivity contribution in [3.8, 4) is 0 Å². The molecule has 2 N–H and O–H groups in total. The van der Waals surface area contributed by atoms with E-state index in [1.54, 1.807) is 12.5 Å². The highest BCUT2D eigenvalue weighted by Gasteiger charge is 2.34. The van der Waals surface area contributed by atoms with Crippen LogP contribution >= 0.6 is 0 Å². The zero-order chi connectivity index (χ0) is 15.6. The predicted octanol–water partition coefficient (Wildman–Crippen LogP) is 1.80. The second kappa shape index (κ2) is 6.28. The Kier molecular flexibility index (Phi) is 3.99. The van der Waals surface area contributed by atoms with Crippen LogP contribution in [0.25, 0.3) is 0 Å². The maximum absolute atomic E-state index is 10.4. The molecule has 0 bridgehead atoms. The van der Waals surface area contributed by atoms with Gasteiger partial charge in [-0.05, 0) is 50.5 Å². The molecule has 2 aromatic heterocycles. The van der Waals surface area contributed by atoms with Crippen molar-refractivity contribution in [1.82, 2.24) is 19.7 Å². The van der Waals surface area contributed by atoms with Crippen molar-refractivity contribution in [2.24, 2.45) is 5.92 Å². The molecule has 122 valence electrons. The van der Waals surface area contributed by atoms with E-state index in [1.807, 2.05) is 16.9 Å². The molecular formula is C17H23N5O. The highest BCUT2D eigenvalue weighted by Crippen LogP contribution is 2.31. The number of hydrogen-bond acceptors (Lipinski definition) is 5. The SMILES string of the molecule is O[C@@H]1CC(Cn2cccn2)C[C@H]1Nc1ncnc2c1CCCC2. The van der Waals surface area contributed by atoms with Crippen LogP contribution in [0.3, 0.4) is 0 Å². The minimum Gasteiger partial charge on any atom is -0.391 e. The van der Waals surface area contributed by atoms with Gasteiger partial charge in [0.15, 0.2) is 0 Å². The molecule has 2 aromatic rings. The molecular weight excluding hydrogens is 290 g/mol. The zero-order valence-corrected chi connectivity index (χ0v) is 13.2. The van der Waals surface area contributed by atoms with Crippen molar-refractivity contribution >= 4 is 5.82 Å². The van der Waals surface area contributed by atoms with E-state index in [1.165, 1.54) is 24.1 Å². The summed E-state index contributed by atoms with van der Waals surface area (Å²) < 4.78 is 1.95. The minimum atomic E-state index is -0.329. The maximum atomic E-state index is 10.4. The van der Waals surface area contributed by atoms with E-state index in [2.05, 4.69) is 20.4 Å². The molecule has 23 heavy (non-hydrogen) atoms. The van der Waals surface area contributed by atoms with Crippen LogP contribution in [0.5, 0.6) is 0 Å². The number of aryl methyl sites for hydroxylation is 1. The Labute approximate surface area is 136 Å². The number of fused-ring (bicyclic) bond motifs is 1. The van der Waals surface area contributed by atoms with Crippen LogP contribution in [0.2, 0.25) is 0 Å². The summed E-state index contributed by atoms with van der Waals surface area (Å²) in [6, 6.07) is 2.00. The lowest BCUT2D eigenvalue weighted by molar-refractivity contribution is 0.165. The van der Waals surface area contributed by atoms with Gasteiger partial charge in [-0.1, -0.05) is 0 Å². The first kappa shape index (κ1) is 14.6. The molecule has 2 aliphatic rings. The number of aliphatic hydroxyl groups is 1. The largest absolute Gasteiger partial charge is 0.391 e. The molecule has 0 aliphatic heterocycles. The van der Waals surface area contributed by atoms with Crippen molar-refractivity contribution in [2.75, 3.05) is 5.32 Å². The molecule has 0 aromatic carbocycles. The lowest BCUT2D eigenvalue weighted by Gasteiger charge is -2.22.